The monoisotopic (exact) mass is 372 g/mol. The van der Waals surface area contributed by atoms with Crippen LogP contribution in [0.5, 0.6) is 0 Å². The van der Waals surface area contributed by atoms with Gasteiger partial charge in [0.15, 0.2) is 0 Å². The number of hydrogen-bond acceptors (Lipinski definition) is 0. The van der Waals surface area contributed by atoms with Crippen molar-refractivity contribution in [2.75, 3.05) is 0 Å². The molecule has 0 aliphatic rings. The molecule has 0 saturated carbocycles. The van der Waals surface area contributed by atoms with E-state index in [4.69, 9.17) is 0 Å². The lowest BCUT2D eigenvalue weighted by Gasteiger charge is -2.08. The molecule has 2 heteroatoms. The van der Waals surface area contributed by atoms with Crippen LogP contribution in [0.15, 0.2) is 97.6 Å². The van der Waals surface area contributed by atoms with Crippen LogP contribution in [-0.4, -0.2) is 9.13 Å². The van der Waals surface area contributed by atoms with Gasteiger partial charge in [-0.2, -0.15) is 0 Å². The molecule has 0 fully saturated rings. The van der Waals surface area contributed by atoms with Gasteiger partial charge < -0.3 is 9.13 Å². The Morgan fingerprint density at radius 2 is 1.14 bits per heavy atom. The lowest BCUT2D eigenvalue weighted by Crippen LogP contribution is -1.93. The third-order valence-corrected chi connectivity index (χ3v) is 5.87. The standard InChI is InChI=1S/C27H20N2/c1-18(2)28-22-14-8-6-12-20(22)26-24(28)16-17-25-27(26)21-13-7-9-15-23(21)29(25)19-10-4-3-5-11-19/h3-17H,1H2,2H3. The Morgan fingerprint density at radius 3 is 1.86 bits per heavy atom. The zero-order valence-electron chi connectivity index (χ0n) is 16.3. The van der Waals surface area contributed by atoms with Gasteiger partial charge in [-0.25, -0.2) is 0 Å². The van der Waals surface area contributed by atoms with E-state index in [1.807, 2.05) is 0 Å². The summed E-state index contributed by atoms with van der Waals surface area (Å²) in [4.78, 5) is 0. The molecule has 6 aromatic rings. The van der Waals surface area contributed by atoms with Crippen LogP contribution in [0.3, 0.4) is 0 Å². The summed E-state index contributed by atoms with van der Waals surface area (Å²) >= 11 is 0. The second-order valence-electron chi connectivity index (χ2n) is 7.63. The normalized spacial score (nSPS) is 11.8. The minimum absolute atomic E-state index is 1.03. The molecule has 2 aromatic heterocycles. The van der Waals surface area contributed by atoms with Gasteiger partial charge in [0, 0.05) is 32.9 Å². The van der Waals surface area contributed by atoms with Gasteiger partial charge in [0.2, 0.25) is 0 Å². The van der Waals surface area contributed by atoms with E-state index in [0.29, 0.717) is 0 Å². The largest absolute Gasteiger partial charge is 0.314 e. The molecule has 138 valence electrons. The predicted molar refractivity (Wildman–Crippen MR) is 125 cm³/mol. The average Bonchev–Trinajstić information content (AvgIpc) is 3.27. The highest BCUT2D eigenvalue weighted by molar-refractivity contribution is 6.29. The molecule has 0 aliphatic heterocycles. The Balaban J connectivity index is 1.93. The van der Waals surface area contributed by atoms with Crippen molar-refractivity contribution >= 4 is 49.3 Å². The molecule has 0 spiro atoms. The van der Waals surface area contributed by atoms with Gasteiger partial charge in [0.05, 0.1) is 22.1 Å². The summed E-state index contributed by atoms with van der Waals surface area (Å²) in [6.07, 6.45) is 0. The summed E-state index contributed by atoms with van der Waals surface area (Å²) < 4.78 is 4.65. The van der Waals surface area contributed by atoms with Gasteiger partial charge >= 0.3 is 0 Å². The maximum Gasteiger partial charge on any atom is 0.0548 e. The minimum Gasteiger partial charge on any atom is -0.314 e. The van der Waals surface area contributed by atoms with Crippen LogP contribution in [0, 0.1) is 0 Å². The Bertz CT molecular complexity index is 1560. The molecule has 0 saturated heterocycles. The van der Waals surface area contributed by atoms with Crippen molar-refractivity contribution in [1.29, 1.82) is 0 Å². The fourth-order valence-corrected chi connectivity index (χ4v) is 4.78. The zero-order valence-corrected chi connectivity index (χ0v) is 16.3. The summed E-state index contributed by atoms with van der Waals surface area (Å²) in [7, 11) is 0. The molecule has 2 nitrogen and oxygen atoms in total. The van der Waals surface area contributed by atoms with Crippen LogP contribution >= 0.6 is 0 Å². The molecular weight excluding hydrogens is 352 g/mol. The van der Waals surface area contributed by atoms with Crippen molar-refractivity contribution in [3.8, 4) is 5.69 Å². The lowest BCUT2D eigenvalue weighted by atomic mass is 10.1. The van der Waals surface area contributed by atoms with E-state index >= 15 is 0 Å². The van der Waals surface area contributed by atoms with Crippen LogP contribution in [0.25, 0.3) is 55.0 Å². The van der Waals surface area contributed by atoms with Gasteiger partial charge in [-0.05, 0) is 43.3 Å². The van der Waals surface area contributed by atoms with Crippen LogP contribution in [-0.2, 0) is 0 Å². The Morgan fingerprint density at radius 1 is 0.586 bits per heavy atom. The van der Waals surface area contributed by atoms with E-state index in [2.05, 4.69) is 114 Å². The number of allylic oxidation sites excluding steroid dienone is 1. The molecule has 0 amide bonds. The highest BCUT2D eigenvalue weighted by atomic mass is 15.0. The van der Waals surface area contributed by atoms with Crippen molar-refractivity contribution < 1.29 is 0 Å². The SMILES string of the molecule is C=C(C)n1c2ccccc2c2c3c4ccccc4n(-c4ccccc4)c3ccc21. The van der Waals surface area contributed by atoms with Crippen molar-refractivity contribution in [2.45, 2.75) is 6.92 Å². The molecule has 0 unspecified atom stereocenters. The number of fused-ring (bicyclic) bond motifs is 7. The van der Waals surface area contributed by atoms with Crippen LogP contribution in [0.4, 0.5) is 0 Å². The fraction of sp³-hybridized carbons (Fsp3) is 0.0370. The number of para-hydroxylation sites is 3. The molecule has 0 radical (unpaired) electrons. The Hall–Kier alpha value is -3.78. The van der Waals surface area contributed by atoms with Gasteiger partial charge in [-0.15, -0.1) is 0 Å². The first kappa shape index (κ1) is 16.2. The summed E-state index contributed by atoms with van der Waals surface area (Å²) in [5.41, 5.74) is 7.09. The van der Waals surface area contributed by atoms with Crippen molar-refractivity contribution in [2.24, 2.45) is 0 Å². The van der Waals surface area contributed by atoms with E-state index in [9.17, 15) is 0 Å². The zero-order chi connectivity index (χ0) is 19.5. The first-order valence-electron chi connectivity index (χ1n) is 9.92. The van der Waals surface area contributed by atoms with E-state index in [1.165, 1.54) is 49.3 Å². The van der Waals surface area contributed by atoms with Crippen LogP contribution in [0.2, 0.25) is 0 Å². The molecule has 0 bridgehead atoms. The first-order chi connectivity index (χ1) is 14.3. The Labute approximate surface area is 168 Å². The summed E-state index contributed by atoms with van der Waals surface area (Å²) in [6.45, 7) is 6.32. The third-order valence-electron chi connectivity index (χ3n) is 5.87. The molecule has 0 aliphatic carbocycles. The topological polar surface area (TPSA) is 9.86 Å². The van der Waals surface area contributed by atoms with Crippen molar-refractivity contribution in [1.82, 2.24) is 9.13 Å². The summed E-state index contributed by atoms with van der Waals surface area (Å²) in [5, 5.41) is 5.15. The number of benzene rings is 4. The first-order valence-corrected chi connectivity index (χ1v) is 9.92. The quantitative estimate of drug-likeness (QED) is 0.300. The van der Waals surface area contributed by atoms with Crippen molar-refractivity contribution in [3.05, 3.63) is 97.6 Å². The molecule has 2 heterocycles. The van der Waals surface area contributed by atoms with Gasteiger partial charge in [0.1, 0.15) is 0 Å². The smallest absolute Gasteiger partial charge is 0.0548 e. The second kappa shape index (κ2) is 5.86. The maximum absolute atomic E-state index is 4.25. The van der Waals surface area contributed by atoms with E-state index in [1.54, 1.807) is 0 Å². The van der Waals surface area contributed by atoms with Crippen LogP contribution < -0.4 is 0 Å². The molecule has 0 N–H and O–H groups in total. The summed E-state index contributed by atoms with van der Waals surface area (Å²) in [6, 6.07) is 32.5. The summed E-state index contributed by atoms with van der Waals surface area (Å²) in [5.74, 6) is 0. The van der Waals surface area contributed by atoms with E-state index < -0.39 is 0 Å². The van der Waals surface area contributed by atoms with Gasteiger partial charge in [-0.1, -0.05) is 61.2 Å². The predicted octanol–water partition coefficient (Wildman–Crippen LogP) is 7.38. The molecule has 6 rings (SSSR count). The van der Waals surface area contributed by atoms with E-state index in [0.717, 1.165) is 5.70 Å². The van der Waals surface area contributed by atoms with Crippen LogP contribution in [0.1, 0.15) is 6.92 Å². The Kier molecular flexibility index (Phi) is 3.27. The number of hydrogen-bond donors (Lipinski definition) is 0. The van der Waals surface area contributed by atoms with Gasteiger partial charge in [0.25, 0.3) is 0 Å². The number of rotatable bonds is 2. The van der Waals surface area contributed by atoms with E-state index in [-0.39, 0.29) is 0 Å². The molecular formula is C27H20N2. The molecule has 4 aromatic carbocycles. The average molecular weight is 372 g/mol. The molecule has 0 atom stereocenters. The highest BCUT2D eigenvalue weighted by Gasteiger charge is 2.19. The minimum atomic E-state index is 1.03. The second-order valence-corrected chi connectivity index (χ2v) is 7.63. The maximum atomic E-state index is 4.25. The van der Waals surface area contributed by atoms with Gasteiger partial charge in [-0.3, -0.25) is 0 Å². The third kappa shape index (κ3) is 2.11. The lowest BCUT2D eigenvalue weighted by molar-refractivity contribution is 1.18. The number of nitrogens with zero attached hydrogens (tertiary/aromatic N) is 2. The van der Waals surface area contributed by atoms with Crippen molar-refractivity contribution in [3.63, 3.8) is 0 Å². The number of aromatic nitrogens is 2. The molecule has 29 heavy (non-hydrogen) atoms. The highest BCUT2D eigenvalue weighted by Crippen LogP contribution is 2.41. The fourth-order valence-electron chi connectivity index (χ4n) is 4.78.